The van der Waals surface area contributed by atoms with Gasteiger partial charge in [-0.1, -0.05) is 0 Å². The minimum atomic E-state index is -2.86. The van der Waals surface area contributed by atoms with Crippen LogP contribution in [0.15, 0.2) is 24.3 Å². The summed E-state index contributed by atoms with van der Waals surface area (Å²) in [4.78, 5) is 14.3. The van der Waals surface area contributed by atoms with Crippen LogP contribution >= 0.6 is 0 Å². The number of carbonyl (C=O) groups excluding carboxylic acids is 1. The van der Waals surface area contributed by atoms with Crippen molar-refractivity contribution in [2.24, 2.45) is 0 Å². The van der Waals surface area contributed by atoms with Gasteiger partial charge in [-0.05, 0) is 38.1 Å². The molecule has 0 unspecified atom stereocenters. The first kappa shape index (κ1) is 16.6. The summed E-state index contributed by atoms with van der Waals surface area (Å²) in [5.74, 6) is -0.0836. The Morgan fingerprint density at radius 1 is 1.41 bits per heavy atom. The Bertz CT molecular complexity index is 496. The van der Waals surface area contributed by atoms with E-state index >= 15 is 0 Å². The van der Waals surface area contributed by atoms with Gasteiger partial charge in [0.1, 0.15) is 5.75 Å². The van der Waals surface area contributed by atoms with Crippen molar-refractivity contribution in [1.29, 1.82) is 0 Å². The smallest absolute Gasteiger partial charge is 0.387 e. The topological polar surface area (TPSA) is 50.8 Å². The fourth-order valence-corrected chi connectivity index (χ4v) is 2.33. The summed E-state index contributed by atoms with van der Waals surface area (Å²) in [7, 11) is 0. The van der Waals surface area contributed by atoms with Gasteiger partial charge in [-0.25, -0.2) is 0 Å². The van der Waals surface area contributed by atoms with E-state index in [0.29, 0.717) is 25.4 Å². The number of alkyl halides is 2. The predicted molar refractivity (Wildman–Crippen MR) is 78.2 cm³/mol. The Labute approximate surface area is 128 Å². The van der Waals surface area contributed by atoms with Gasteiger partial charge in [-0.15, -0.1) is 0 Å². The molecule has 0 radical (unpaired) electrons. The van der Waals surface area contributed by atoms with Crippen LogP contribution in [0.2, 0.25) is 0 Å². The summed E-state index contributed by atoms with van der Waals surface area (Å²) >= 11 is 0. The van der Waals surface area contributed by atoms with E-state index in [1.807, 2.05) is 13.8 Å². The van der Waals surface area contributed by atoms with Crippen LogP contribution in [0.3, 0.4) is 0 Å². The molecule has 1 saturated heterocycles. The van der Waals surface area contributed by atoms with Crippen molar-refractivity contribution in [1.82, 2.24) is 4.90 Å². The van der Waals surface area contributed by atoms with E-state index in [-0.39, 0.29) is 23.8 Å². The number of benzene rings is 1. The van der Waals surface area contributed by atoms with E-state index in [1.165, 1.54) is 24.3 Å². The summed E-state index contributed by atoms with van der Waals surface area (Å²) in [6.45, 7) is 2.97. The summed E-state index contributed by atoms with van der Waals surface area (Å²) < 4.78 is 33.8. The van der Waals surface area contributed by atoms with Crippen molar-refractivity contribution < 1.29 is 23.0 Å². The van der Waals surface area contributed by atoms with Gasteiger partial charge in [-0.3, -0.25) is 9.69 Å². The van der Waals surface area contributed by atoms with Crippen LogP contribution in [0.1, 0.15) is 13.8 Å². The molecule has 1 N–H and O–H groups in total. The zero-order valence-electron chi connectivity index (χ0n) is 12.6. The van der Waals surface area contributed by atoms with Crippen LogP contribution in [-0.2, 0) is 9.53 Å². The SMILES string of the molecule is C[C@@H]1CN([C@H](C)C(=O)Nc2ccc(OC(F)F)cc2)CCO1. The molecular formula is C15H20F2N2O3. The molecule has 1 aliphatic heterocycles. The summed E-state index contributed by atoms with van der Waals surface area (Å²) in [5, 5.41) is 2.77. The van der Waals surface area contributed by atoms with Gasteiger partial charge >= 0.3 is 6.61 Å². The van der Waals surface area contributed by atoms with Crippen molar-refractivity contribution in [3.63, 3.8) is 0 Å². The lowest BCUT2D eigenvalue weighted by Crippen LogP contribution is -2.50. The van der Waals surface area contributed by atoms with E-state index in [9.17, 15) is 13.6 Å². The molecule has 0 bridgehead atoms. The highest BCUT2D eigenvalue weighted by atomic mass is 19.3. The fourth-order valence-electron chi connectivity index (χ4n) is 2.33. The largest absolute Gasteiger partial charge is 0.435 e. The number of hydrogen-bond acceptors (Lipinski definition) is 4. The van der Waals surface area contributed by atoms with Crippen molar-refractivity contribution >= 4 is 11.6 Å². The number of anilines is 1. The first-order chi connectivity index (χ1) is 10.5. The van der Waals surface area contributed by atoms with Crippen molar-refractivity contribution in [3.8, 4) is 5.75 Å². The minimum absolute atomic E-state index is 0.0584. The highest BCUT2D eigenvalue weighted by Crippen LogP contribution is 2.18. The molecule has 1 aromatic carbocycles. The van der Waals surface area contributed by atoms with E-state index in [0.717, 1.165) is 0 Å². The number of halogens is 2. The van der Waals surface area contributed by atoms with Crippen molar-refractivity contribution in [2.45, 2.75) is 32.6 Å². The van der Waals surface area contributed by atoms with Crippen molar-refractivity contribution in [3.05, 3.63) is 24.3 Å². The standard InChI is InChI=1S/C15H20F2N2O3/c1-10-9-19(7-8-21-10)11(2)14(20)18-12-3-5-13(6-4-12)22-15(16)17/h3-6,10-11,15H,7-9H2,1-2H3,(H,18,20)/t10-,11-/m1/s1. The number of carbonyl (C=O) groups is 1. The zero-order chi connectivity index (χ0) is 16.1. The maximum Gasteiger partial charge on any atom is 0.387 e. The molecule has 0 aromatic heterocycles. The number of amides is 1. The van der Waals surface area contributed by atoms with E-state index in [4.69, 9.17) is 4.74 Å². The molecule has 0 aliphatic carbocycles. The third-order valence-electron chi connectivity index (χ3n) is 3.55. The molecule has 1 aromatic rings. The van der Waals surface area contributed by atoms with Crippen LogP contribution in [0.4, 0.5) is 14.5 Å². The van der Waals surface area contributed by atoms with Gasteiger partial charge in [-0.2, -0.15) is 8.78 Å². The predicted octanol–water partition coefficient (Wildman–Crippen LogP) is 2.34. The Kier molecular flexibility index (Phi) is 5.68. The summed E-state index contributed by atoms with van der Waals surface area (Å²) in [6.07, 6.45) is 0.106. The first-order valence-electron chi connectivity index (χ1n) is 7.17. The Balaban J connectivity index is 1.90. The lowest BCUT2D eigenvalue weighted by atomic mass is 10.2. The van der Waals surface area contributed by atoms with Gasteiger partial charge in [0.2, 0.25) is 5.91 Å². The van der Waals surface area contributed by atoms with Gasteiger partial charge in [0, 0.05) is 18.8 Å². The molecule has 1 heterocycles. The quantitative estimate of drug-likeness (QED) is 0.906. The molecule has 0 saturated carbocycles. The molecule has 122 valence electrons. The van der Waals surface area contributed by atoms with Gasteiger partial charge in [0.05, 0.1) is 18.8 Å². The van der Waals surface area contributed by atoms with Crippen LogP contribution in [0, 0.1) is 0 Å². The molecule has 7 heteroatoms. The van der Waals surface area contributed by atoms with E-state index in [2.05, 4.69) is 15.0 Å². The second-order valence-electron chi connectivity index (χ2n) is 5.24. The van der Waals surface area contributed by atoms with Gasteiger partial charge in [0.15, 0.2) is 0 Å². The molecular weight excluding hydrogens is 294 g/mol. The number of nitrogens with one attached hydrogen (secondary N) is 1. The molecule has 1 amide bonds. The number of morpholine rings is 1. The molecule has 0 spiro atoms. The highest BCUT2D eigenvalue weighted by molar-refractivity contribution is 5.94. The second-order valence-corrected chi connectivity index (χ2v) is 5.24. The second kappa shape index (κ2) is 7.51. The Morgan fingerprint density at radius 3 is 2.68 bits per heavy atom. The van der Waals surface area contributed by atoms with Crippen LogP contribution in [0.25, 0.3) is 0 Å². The monoisotopic (exact) mass is 314 g/mol. The minimum Gasteiger partial charge on any atom is -0.435 e. The summed E-state index contributed by atoms with van der Waals surface area (Å²) in [6, 6.07) is 5.56. The lowest BCUT2D eigenvalue weighted by molar-refractivity contribution is -0.123. The number of rotatable bonds is 5. The number of hydrogen-bond donors (Lipinski definition) is 1. The fraction of sp³-hybridized carbons (Fsp3) is 0.533. The van der Waals surface area contributed by atoms with E-state index < -0.39 is 6.61 Å². The molecule has 1 aliphatic rings. The Morgan fingerprint density at radius 2 is 2.09 bits per heavy atom. The van der Waals surface area contributed by atoms with Crippen LogP contribution in [-0.4, -0.2) is 49.3 Å². The molecule has 5 nitrogen and oxygen atoms in total. The third kappa shape index (κ3) is 4.64. The maximum absolute atomic E-state index is 12.2. The van der Waals surface area contributed by atoms with Gasteiger partial charge in [0.25, 0.3) is 0 Å². The third-order valence-corrected chi connectivity index (χ3v) is 3.55. The van der Waals surface area contributed by atoms with E-state index in [1.54, 1.807) is 0 Å². The zero-order valence-corrected chi connectivity index (χ0v) is 12.6. The normalized spacial score (nSPS) is 20.7. The first-order valence-corrected chi connectivity index (χ1v) is 7.17. The highest BCUT2D eigenvalue weighted by Gasteiger charge is 2.26. The van der Waals surface area contributed by atoms with Gasteiger partial charge < -0.3 is 14.8 Å². The average molecular weight is 314 g/mol. The molecule has 2 rings (SSSR count). The van der Waals surface area contributed by atoms with Crippen LogP contribution < -0.4 is 10.1 Å². The molecule has 22 heavy (non-hydrogen) atoms. The van der Waals surface area contributed by atoms with Crippen molar-refractivity contribution in [2.75, 3.05) is 25.0 Å². The maximum atomic E-state index is 12.2. The number of nitrogens with zero attached hydrogens (tertiary/aromatic N) is 1. The Hall–Kier alpha value is -1.73. The lowest BCUT2D eigenvalue weighted by Gasteiger charge is -2.34. The average Bonchev–Trinajstić information content (AvgIpc) is 2.48. The number of ether oxygens (including phenoxy) is 2. The molecule has 2 atom stereocenters. The molecule has 1 fully saturated rings. The summed E-state index contributed by atoms with van der Waals surface area (Å²) in [5.41, 5.74) is 0.541. The van der Waals surface area contributed by atoms with Crippen LogP contribution in [0.5, 0.6) is 5.75 Å².